The van der Waals surface area contributed by atoms with Crippen molar-refractivity contribution in [3.63, 3.8) is 0 Å². The Morgan fingerprint density at radius 2 is 1.05 bits per heavy atom. The van der Waals surface area contributed by atoms with E-state index in [0.717, 1.165) is 25.2 Å². The summed E-state index contributed by atoms with van der Waals surface area (Å²) < 4.78 is 33.7. The zero-order chi connectivity index (χ0) is 53.2. The SMILES string of the molecule is CC(C)c1cc(-c2onc(C(=O)NCCOCCOCCOCCOCCNC(=O)CN3CCN(CC(=O)O)CCN(CC(=O)O)CCN(CC(=O)O)CC3)c2-c2ccc(CN3CCOCC3)cc2)c(O)cc1O. The number of aromatic nitrogens is 1. The number of phenols is 2. The summed E-state index contributed by atoms with van der Waals surface area (Å²) in [5.74, 6) is -3.97. The summed E-state index contributed by atoms with van der Waals surface area (Å²) in [6.45, 7) is 12.0. The van der Waals surface area contributed by atoms with Crippen LogP contribution in [0, 0.1) is 0 Å². The number of hydrogen-bond acceptors (Lipinski definition) is 19. The van der Waals surface area contributed by atoms with Crippen LogP contribution in [-0.4, -0.2) is 256 Å². The van der Waals surface area contributed by atoms with Crippen LogP contribution in [-0.2, 0) is 49.4 Å². The first-order valence-electron chi connectivity index (χ1n) is 25.0. The molecule has 2 fully saturated rings. The van der Waals surface area contributed by atoms with Gasteiger partial charge >= 0.3 is 17.9 Å². The summed E-state index contributed by atoms with van der Waals surface area (Å²) in [6.07, 6.45) is 0. The van der Waals surface area contributed by atoms with Crippen molar-refractivity contribution >= 4 is 29.7 Å². The molecule has 0 saturated carbocycles. The highest BCUT2D eigenvalue weighted by atomic mass is 16.6. The normalized spacial score (nSPS) is 16.1. The van der Waals surface area contributed by atoms with Gasteiger partial charge in [-0.25, -0.2) is 0 Å². The van der Waals surface area contributed by atoms with Crippen molar-refractivity contribution in [1.29, 1.82) is 0 Å². The van der Waals surface area contributed by atoms with E-state index in [1.165, 1.54) is 6.07 Å². The number of aliphatic carboxylic acids is 3. The number of nitrogens with zero attached hydrogens (tertiary/aromatic N) is 6. The quantitative estimate of drug-likeness (QED) is 0.0472. The molecule has 410 valence electrons. The van der Waals surface area contributed by atoms with Gasteiger partial charge in [0.2, 0.25) is 5.91 Å². The van der Waals surface area contributed by atoms with E-state index in [2.05, 4.69) is 20.7 Å². The minimum atomic E-state index is -1.03. The highest BCUT2D eigenvalue weighted by Gasteiger charge is 2.28. The van der Waals surface area contributed by atoms with E-state index in [0.29, 0.717) is 88.1 Å². The van der Waals surface area contributed by atoms with Gasteiger partial charge in [0.1, 0.15) is 11.5 Å². The molecule has 0 unspecified atom stereocenters. The summed E-state index contributed by atoms with van der Waals surface area (Å²) in [7, 11) is 0. The molecule has 0 spiro atoms. The number of carbonyl (C=O) groups is 5. The Kier molecular flexibility index (Phi) is 25.4. The Balaban J connectivity index is 0.958. The van der Waals surface area contributed by atoms with Gasteiger partial charge in [-0.2, -0.15) is 0 Å². The van der Waals surface area contributed by atoms with Crippen LogP contribution < -0.4 is 10.6 Å². The van der Waals surface area contributed by atoms with E-state index in [9.17, 15) is 49.5 Å². The maximum Gasteiger partial charge on any atom is 0.317 e. The lowest BCUT2D eigenvalue weighted by Gasteiger charge is -2.32. The van der Waals surface area contributed by atoms with Gasteiger partial charge in [-0.05, 0) is 28.7 Å². The number of hydrogen-bond donors (Lipinski definition) is 7. The third-order valence-electron chi connectivity index (χ3n) is 12.3. The molecular formula is C50H74N8O16. The molecule has 3 heterocycles. The second-order valence-corrected chi connectivity index (χ2v) is 18.2. The van der Waals surface area contributed by atoms with Crippen LogP contribution in [0.25, 0.3) is 22.5 Å². The summed E-state index contributed by atoms with van der Waals surface area (Å²) in [6, 6.07) is 10.7. The molecule has 0 bridgehead atoms. The maximum atomic E-state index is 13.6. The molecule has 24 heteroatoms. The number of aromatic hydroxyl groups is 2. The van der Waals surface area contributed by atoms with E-state index in [-0.39, 0.29) is 127 Å². The molecule has 7 N–H and O–H groups in total. The Bertz CT molecular complexity index is 2190. The number of rotatable bonds is 29. The Hall–Kier alpha value is -5.80. The fourth-order valence-corrected chi connectivity index (χ4v) is 8.32. The minimum Gasteiger partial charge on any atom is -0.508 e. The van der Waals surface area contributed by atoms with Gasteiger partial charge in [0.25, 0.3) is 5.91 Å². The van der Waals surface area contributed by atoms with Crippen molar-refractivity contribution in [3.8, 4) is 33.9 Å². The topological polar surface area (TPSA) is 299 Å². The second-order valence-electron chi connectivity index (χ2n) is 18.2. The molecule has 3 aromatic rings. The first-order valence-corrected chi connectivity index (χ1v) is 25.0. The predicted octanol–water partition coefficient (Wildman–Crippen LogP) is 0.763. The molecule has 2 aliphatic rings. The van der Waals surface area contributed by atoms with Crippen LogP contribution in [0.5, 0.6) is 11.5 Å². The van der Waals surface area contributed by atoms with E-state index in [4.69, 9.17) is 28.2 Å². The largest absolute Gasteiger partial charge is 0.508 e. The van der Waals surface area contributed by atoms with Crippen LogP contribution in [0.4, 0.5) is 0 Å². The average molecular weight is 1040 g/mol. The number of amides is 2. The molecular weight excluding hydrogens is 969 g/mol. The van der Waals surface area contributed by atoms with E-state index >= 15 is 0 Å². The molecule has 2 amide bonds. The molecule has 2 aromatic carbocycles. The van der Waals surface area contributed by atoms with Crippen molar-refractivity contribution in [2.75, 3.05) is 171 Å². The van der Waals surface area contributed by atoms with Gasteiger partial charge in [0, 0.05) is 91.1 Å². The van der Waals surface area contributed by atoms with Crippen LogP contribution >= 0.6 is 0 Å². The van der Waals surface area contributed by atoms with Crippen LogP contribution in [0.1, 0.15) is 41.4 Å². The van der Waals surface area contributed by atoms with Crippen molar-refractivity contribution in [3.05, 3.63) is 53.2 Å². The maximum absolute atomic E-state index is 13.6. The van der Waals surface area contributed by atoms with E-state index < -0.39 is 23.8 Å². The van der Waals surface area contributed by atoms with E-state index in [1.54, 1.807) is 20.8 Å². The average Bonchev–Trinajstić information content (AvgIpc) is 3.79. The Labute approximate surface area is 431 Å². The predicted molar refractivity (Wildman–Crippen MR) is 268 cm³/mol. The first kappa shape index (κ1) is 59.1. The number of carbonyl (C=O) groups excluding carboxylic acids is 2. The van der Waals surface area contributed by atoms with Gasteiger partial charge in [-0.3, -0.25) is 48.5 Å². The minimum absolute atomic E-state index is 0.00626. The molecule has 5 rings (SSSR count). The molecule has 1 aromatic heterocycles. The van der Waals surface area contributed by atoms with Crippen molar-refractivity contribution in [2.24, 2.45) is 0 Å². The zero-order valence-electron chi connectivity index (χ0n) is 42.5. The standard InChI is InChI=1S/C50H74N8O16/c1-36(2)39-29-40(42(60)30-41(39)59)49-47(38-5-3-37(4-6-38)31-58-17-21-71-22-18-58)48(53-74-49)50(68)52-8-20-70-24-26-73-28-27-72-25-23-69-19-7-51-43(61)32-54-9-11-55(33-44(62)63)13-15-57(35-46(66)67)16-14-56(12-10-54)34-45(64)65/h3-6,29-30,36,59-60H,7-28,31-35H2,1-2H3,(H,51,61)(H,52,68)(H,62,63)(H,64,65)(H,66,67). The molecule has 2 saturated heterocycles. The number of phenolic OH excluding ortho intramolecular Hbond substituents is 2. The molecule has 2 aliphatic heterocycles. The number of ether oxygens (including phenoxy) is 5. The van der Waals surface area contributed by atoms with Gasteiger partial charge in [0.15, 0.2) is 11.5 Å². The second kappa shape index (κ2) is 31.8. The molecule has 0 radical (unpaired) electrons. The van der Waals surface area contributed by atoms with Crippen molar-refractivity contribution in [1.82, 2.24) is 40.3 Å². The summed E-state index contributed by atoms with van der Waals surface area (Å²) in [4.78, 5) is 70.2. The number of carboxylic acids is 3. The monoisotopic (exact) mass is 1040 g/mol. The third-order valence-corrected chi connectivity index (χ3v) is 12.3. The zero-order valence-corrected chi connectivity index (χ0v) is 42.5. The van der Waals surface area contributed by atoms with Crippen molar-refractivity contribution in [2.45, 2.75) is 26.3 Å². The lowest BCUT2D eigenvalue weighted by Crippen LogP contribution is -2.50. The molecule has 74 heavy (non-hydrogen) atoms. The highest BCUT2D eigenvalue weighted by Crippen LogP contribution is 2.43. The Morgan fingerprint density at radius 1 is 0.595 bits per heavy atom. The van der Waals surface area contributed by atoms with Gasteiger partial charge < -0.3 is 64.4 Å². The molecule has 0 atom stereocenters. The van der Waals surface area contributed by atoms with Crippen LogP contribution in [0.2, 0.25) is 0 Å². The molecule has 24 nitrogen and oxygen atoms in total. The Morgan fingerprint density at radius 3 is 1.53 bits per heavy atom. The van der Waals surface area contributed by atoms with E-state index in [1.807, 2.05) is 43.0 Å². The summed E-state index contributed by atoms with van der Waals surface area (Å²) >= 11 is 0. The van der Waals surface area contributed by atoms with Gasteiger partial charge in [0.05, 0.1) is 103 Å². The lowest BCUT2D eigenvalue weighted by atomic mass is 9.94. The number of carboxylic acid groups (broad SMARTS) is 3. The summed E-state index contributed by atoms with van der Waals surface area (Å²) in [5, 5.41) is 59.5. The number of nitrogens with one attached hydrogen (secondary N) is 2. The fraction of sp³-hybridized carbons (Fsp3) is 0.600. The fourth-order valence-electron chi connectivity index (χ4n) is 8.32. The highest BCUT2D eigenvalue weighted by molar-refractivity contribution is 6.02. The third kappa shape index (κ3) is 20.8. The number of morpholine rings is 1. The summed E-state index contributed by atoms with van der Waals surface area (Å²) in [5.41, 5.74) is 3.09. The number of benzene rings is 2. The smallest absolute Gasteiger partial charge is 0.317 e. The van der Waals surface area contributed by atoms with Crippen molar-refractivity contribution < 1.29 is 77.7 Å². The molecule has 0 aliphatic carbocycles. The lowest BCUT2D eigenvalue weighted by molar-refractivity contribution is -0.140. The van der Waals surface area contributed by atoms with Crippen LogP contribution in [0.15, 0.2) is 40.9 Å². The van der Waals surface area contributed by atoms with Gasteiger partial charge in [-0.15, -0.1) is 0 Å². The first-order chi connectivity index (χ1) is 35.7. The van der Waals surface area contributed by atoms with Gasteiger partial charge in [-0.1, -0.05) is 43.3 Å². The van der Waals surface area contributed by atoms with Crippen LogP contribution in [0.3, 0.4) is 0 Å².